The largest absolute Gasteiger partial charge is 0.382 e. The van der Waals surface area contributed by atoms with E-state index >= 15 is 0 Å². The molecule has 0 saturated heterocycles. The fraction of sp³-hybridized carbons (Fsp3) is 0.0833. The first-order valence-corrected chi connectivity index (χ1v) is 5.33. The van der Waals surface area contributed by atoms with Gasteiger partial charge in [-0.2, -0.15) is 0 Å². The van der Waals surface area contributed by atoms with Crippen molar-refractivity contribution in [3.8, 4) is 0 Å². The number of aromatic nitrogens is 2. The number of amides is 1. The molecule has 2 rings (SSSR count). The minimum Gasteiger partial charge on any atom is -0.382 e. The molecule has 1 amide bonds. The Hall–Kier alpha value is -2.57. The molecular weight excluding hydrogens is 254 g/mol. The van der Waals surface area contributed by atoms with Crippen molar-refractivity contribution in [2.75, 3.05) is 11.1 Å². The number of hydrogen-bond acceptors (Lipinski definition) is 4. The van der Waals surface area contributed by atoms with Crippen molar-refractivity contribution in [3.05, 3.63) is 47.2 Å². The summed E-state index contributed by atoms with van der Waals surface area (Å²) in [5, 5.41) is 9.25. The summed E-state index contributed by atoms with van der Waals surface area (Å²) < 4.78 is 26.8. The van der Waals surface area contributed by atoms with Crippen LogP contribution in [-0.4, -0.2) is 16.1 Å². The number of rotatable bonds is 2. The first-order chi connectivity index (χ1) is 8.97. The van der Waals surface area contributed by atoms with Crippen LogP contribution in [0.25, 0.3) is 0 Å². The summed E-state index contributed by atoms with van der Waals surface area (Å²) in [7, 11) is 0. The highest BCUT2D eigenvalue weighted by molar-refractivity contribution is 6.02. The van der Waals surface area contributed by atoms with E-state index in [2.05, 4.69) is 15.5 Å². The molecule has 98 valence electrons. The van der Waals surface area contributed by atoms with E-state index in [4.69, 9.17) is 5.73 Å². The van der Waals surface area contributed by atoms with Crippen molar-refractivity contribution in [2.45, 2.75) is 6.92 Å². The van der Waals surface area contributed by atoms with E-state index in [0.29, 0.717) is 0 Å². The molecule has 0 bridgehead atoms. The molecule has 2 aromatic rings. The number of carbonyl (C=O) groups is 1. The van der Waals surface area contributed by atoms with Crippen molar-refractivity contribution in [1.82, 2.24) is 10.2 Å². The summed E-state index contributed by atoms with van der Waals surface area (Å²) in [4.78, 5) is 11.7. The molecule has 3 N–H and O–H groups in total. The van der Waals surface area contributed by atoms with Crippen LogP contribution in [0.3, 0.4) is 0 Å². The van der Waals surface area contributed by atoms with Crippen LogP contribution in [0.2, 0.25) is 0 Å². The molecule has 1 heterocycles. The van der Waals surface area contributed by atoms with Crippen molar-refractivity contribution < 1.29 is 13.6 Å². The number of aryl methyl sites for hydroxylation is 1. The van der Waals surface area contributed by atoms with Crippen LogP contribution in [0.1, 0.15) is 16.1 Å². The number of carbonyl (C=O) groups excluding carboxylic acids is 1. The number of nitrogens with zero attached hydrogens (tertiary/aromatic N) is 2. The second-order valence-electron chi connectivity index (χ2n) is 3.88. The Morgan fingerprint density at radius 1 is 1.21 bits per heavy atom. The van der Waals surface area contributed by atoms with Gasteiger partial charge in [-0.15, -0.1) is 10.2 Å². The monoisotopic (exact) mass is 264 g/mol. The Labute approximate surface area is 107 Å². The zero-order chi connectivity index (χ0) is 14.0. The number of nitrogens with two attached hydrogens (primary N) is 1. The van der Waals surface area contributed by atoms with E-state index < -0.39 is 17.5 Å². The summed E-state index contributed by atoms with van der Waals surface area (Å²) >= 11 is 0. The van der Waals surface area contributed by atoms with Gasteiger partial charge < -0.3 is 11.1 Å². The molecule has 0 atom stereocenters. The van der Waals surface area contributed by atoms with Crippen LogP contribution < -0.4 is 11.1 Å². The molecule has 0 aliphatic rings. The molecule has 0 radical (unpaired) electrons. The lowest BCUT2D eigenvalue weighted by Crippen LogP contribution is -2.16. The molecular formula is C12H10F2N4O. The van der Waals surface area contributed by atoms with E-state index in [-0.39, 0.29) is 22.8 Å². The molecule has 0 unspecified atom stereocenters. The Bertz CT molecular complexity index is 628. The Kier molecular flexibility index (Phi) is 3.37. The zero-order valence-electron chi connectivity index (χ0n) is 9.95. The van der Waals surface area contributed by atoms with Gasteiger partial charge in [0.25, 0.3) is 5.91 Å². The van der Waals surface area contributed by atoms with Gasteiger partial charge in [0.1, 0.15) is 17.5 Å². The topological polar surface area (TPSA) is 80.9 Å². The lowest BCUT2D eigenvalue weighted by atomic mass is 10.2. The lowest BCUT2D eigenvalue weighted by molar-refractivity contribution is 0.102. The Morgan fingerprint density at radius 3 is 2.58 bits per heavy atom. The standard InChI is InChI=1S/C12H10F2N4O/c1-6-4-8(14)10(5-7(6)13)16-12(19)9-2-3-11(15)18-17-9/h2-5H,1H3,(H2,15,18)(H,16,19). The lowest BCUT2D eigenvalue weighted by Gasteiger charge is -2.07. The third-order valence-electron chi connectivity index (χ3n) is 2.41. The molecule has 5 nitrogen and oxygen atoms in total. The molecule has 0 saturated carbocycles. The van der Waals surface area contributed by atoms with Gasteiger partial charge in [0, 0.05) is 6.07 Å². The second kappa shape index (κ2) is 4.97. The molecule has 19 heavy (non-hydrogen) atoms. The summed E-state index contributed by atoms with van der Waals surface area (Å²) in [6.07, 6.45) is 0. The van der Waals surface area contributed by atoms with Gasteiger partial charge in [-0.1, -0.05) is 0 Å². The first-order valence-electron chi connectivity index (χ1n) is 5.33. The van der Waals surface area contributed by atoms with E-state index in [1.165, 1.54) is 19.1 Å². The van der Waals surface area contributed by atoms with E-state index in [1.54, 1.807) is 0 Å². The van der Waals surface area contributed by atoms with Crippen molar-refractivity contribution in [3.63, 3.8) is 0 Å². The van der Waals surface area contributed by atoms with Crippen molar-refractivity contribution in [1.29, 1.82) is 0 Å². The smallest absolute Gasteiger partial charge is 0.276 e. The maximum Gasteiger partial charge on any atom is 0.276 e. The van der Waals surface area contributed by atoms with Crippen LogP contribution in [0, 0.1) is 18.6 Å². The molecule has 1 aromatic heterocycles. The number of benzene rings is 1. The number of hydrogen-bond donors (Lipinski definition) is 2. The van der Waals surface area contributed by atoms with Gasteiger partial charge in [0.15, 0.2) is 5.69 Å². The number of nitrogens with one attached hydrogen (secondary N) is 1. The molecule has 1 aromatic carbocycles. The molecule has 0 fully saturated rings. The van der Waals surface area contributed by atoms with Crippen LogP contribution in [-0.2, 0) is 0 Å². The minimum absolute atomic E-state index is 0.0467. The summed E-state index contributed by atoms with van der Waals surface area (Å²) in [6, 6.07) is 4.63. The number of nitrogen functional groups attached to an aromatic ring is 1. The van der Waals surface area contributed by atoms with E-state index in [1.807, 2.05) is 0 Å². The Morgan fingerprint density at radius 2 is 1.95 bits per heavy atom. The van der Waals surface area contributed by atoms with Gasteiger partial charge in [-0.05, 0) is 30.7 Å². The normalized spacial score (nSPS) is 10.3. The fourth-order valence-electron chi connectivity index (χ4n) is 1.39. The third kappa shape index (κ3) is 2.82. The van der Waals surface area contributed by atoms with Crippen LogP contribution in [0.4, 0.5) is 20.3 Å². The van der Waals surface area contributed by atoms with Crippen LogP contribution >= 0.6 is 0 Å². The van der Waals surface area contributed by atoms with E-state index in [0.717, 1.165) is 12.1 Å². The quantitative estimate of drug-likeness (QED) is 0.868. The maximum atomic E-state index is 13.5. The van der Waals surface area contributed by atoms with Gasteiger partial charge in [0.2, 0.25) is 0 Å². The SMILES string of the molecule is Cc1cc(F)c(NC(=O)c2ccc(N)nn2)cc1F. The van der Waals surface area contributed by atoms with Gasteiger partial charge >= 0.3 is 0 Å². The number of halogens is 2. The predicted molar refractivity (Wildman–Crippen MR) is 65.5 cm³/mol. The third-order valence-corrected chi connectivity index (χ3v) is 2.41. The van der Waals surface area contributed by atoms with E-state index in [9.17, 15) is 13.6 Å². The number of anilines is 2. The Balaban J connectivity index is 2.24. The zero-order valence-corrected chi connectivity index (χ0v) is 9.95. The van der Waals surface area contributed by atoms with Crippen molar-refractivity contribution in [2.24, 2.45) is 0 Å². The van der Waals surface area contributed by atoms with Gasteiger partial charge in [-0.3, -0.25) is 4.79 Å². The van der Waals surface area contributed by atoms with Crippen molar-refractivity contribution >= 4 is 17.4 Å². The van der Waals surface area contributed by atoms with Crippen LogP contribution in [0.5, 0.6) is 0 Å². The average Bonchev–Trinajstić information content (AvgIpc) is 2.36. The summed E-state index contributed by atoms with van der Waals surface area (Å²) in [5.41, 5.74) is 5.18. The highest BCUT2D eigenvalue weighted by Crippen LogP contribution is 2.19. The fourth-order valence-corrected chi connectivity index (χ4v) is 1.39. The second-order valence-corrected chi connectivity index (χ2v) is 3.88. The van der Waals surface area contributed by atoms with Crippen LogP contribution in [0.15, 0.2) is 24.3 Å². The molecule has 7 heteroatoms. The predicted octanol–water partition coefficient (Wildman–Crippen LogP) is 1.90. The molecule has 0 spiro atoms. The molecule has 0 aliphatic heterocycles. The first kappa shape index (κ1) is 12.9. The van der Waals surface area contributed by atoms with Gasteiger partial charge in [-0.25, -0.2) is 8.78 Å². The van der Waals surface area contributed by atoms with Gasteiger partial charge in [0.05, 0.1) is 5.69 Å². The highest BCUT2D eigenvalue weighted by atomic mass is 19.1. The summed E-state index contributed by atoms with van der Waals surface area (Å²) in [6.45, 7) is 1.43. The average molecular weight is 264 g/mol. The maximum absolute atomic E-state index is 13.5. The molecule has 0 aliphatic carbocycles. The summed E-state index contributed by atoms with van der Waals surface area (Å²) in [5.74, 6) is -1.88. The highest BCUT2D eigenvalue weighted by Gasteiger charge is 2.13. The minimum atomic E-state index is -0.726.